The lowest BCUT2D eigenvalue weighted by molar-refractivity contribution is -0.114. The van der Waals surface area contributed by atoms with E-state index in [0.29, 0.717) is 11.3 Å². The van der Waals surface area contributed by atoms with Gasteiger partial charge in [0.15, 0.2) is 0 Å². The summed E-state index contributed by atoms with van der Waals surface area (Å²) in [4.78, 5) is 23.0. The fourth-order valence-electron chi connectivity index (χ4n) is 1.76. The van der Waals surface area contributed by atoms with E-state index in [1.165, 1.54) is 6.92 Å². The van der Waals surface area contributed by atoms with Gasteiger partial charge in [-0.25, -0.2) is 5.43 Å². The van der Waals surface area contributed by atoms with Gasteiger partial charge in [0.05, 0.1) is 6.21 Å². The number of hydrogen-bond acceptors (Lipinski definition) is 3. The maximum absolute atomic E-state index is 12.0. The molecule has 0 aliphatic carbocycles. The third kappa shape index (κ3) is 4.96. The van der Waals surface area contributed by atoms with Crippen LogP contribution in [0.1, 0.15) is 22.8 Å². The maximum Gasteiger partial charge on any atom is 0.271 e. The molecular formula is C16H14IN3O2. The second kappa shape index (κ2) is 7.69. The number of benzene rings is 2. The van der Waals surface area contributed by atoms with Crippen molar-refractivity contribution in [1.29, 1.82) is 0 Å². The highest BCUT2D eigenvalue weighted by atomic mass is 127. The predicted molar refractivity (Wildman–Crippen MR) is 95.0 cm³/mol. The van der Waals surface area contributed by atoms with Gasteiger partial charge in [-0.05, 0) is 58.5 Å². The van der Waals surface area contributed by atoms with Crippen molar-refractivity contribution in [2.45, 2.75) is 6.92 Å². The molecule has 0 radical (unpaired) electrons. The molecule has 2 aromatic rings. The summed E-state index contributed by atoms with van der Waals surface area (Å²) in [7, 11) is 0. The standard InChI is InChI=1S/C16H14IN3O2/c1-11(21)19-15-7-3-5-13(9-15)16(22)20-18-10-12-4-2-6-14(17)8-12/h2-10H,1H3,(H,19,21)(H,20,22)/b18-10-. The van der Waals surface area contributed by atoms with Crippen LogP contribution in [0.3, 0.4) is 0 Å². The average molecular weight is 407 g/mol. The fourth-order valence-corrected chi connectivity index (χ4v) is 2.33. The van der Waals surface area contributed by atoms with Crippen LogP contribution in [-0.2, 0) is 4.79 Å². The summed E-state index contributed by atoms with van der Waals surface area (Å²) < 4.78 is 1.09. The van der Waals surface area contributed by atoms with E-state index in [0.717, 1.165) is 9.13 Å². The summed E-state index contributed by atoms with van der Waals surface area (Å²) in [5.41, 5.74) is 4.36. The molecule has 22 heavy (non-hydrogen) atoms. The molecule has 0 heterocycles. The number of carbonyl (C=O) groups excluding carboxylic acids is 2. The Balaban J connectivity index is 2.01. The molecule has 2 aromatic carbocycles. The van der Waals surface area contributed by atoms with E-state index in [1.807, 2.05) is 24.3 Å². The van der Waals surface area contributed by atoms with E-state index in [2.05, 4.69) is 38.4 Å². The van der Waals surface area contributed by atoms with E-state index < -0.39 is 0 Å². The highest BCUT2D eigenvalue weighted by Crippen LogP contribution is 2.10. The molecule has 0 aliphatic heterocycles. The first-order valence-electron chi connectivity index (χ1n) is 6.51. The Morgan fingerprint density at radius 1 is 1.14 bits per heavy atom. The largest absolute Gasteiger partial charge is 0.326 e. The summed E-state index contributed by atoms with van der Waals surface area (Å²) >= 11 is 2.21. The molecule has 112 valence electrons. The zero-order chi connectivity index (χ0) is 15.9. The fraction of sp³-hybridized carbons (Fsp3) is 0.0625. The number of amides is 2. The van der Waals surface area contributed by atoms with Crippen molar-refractivity contribution < 1.29 is 9.59 Å². The minimum Gasteiger partial charge on any atom is -0.326 e. The zero-order valence-electron chi connectivity index (χ0n) is 11.8. The van der Waals surface area contributed by atoms with Crippen LogP contribution in [0.25, 0.3) is 0 Å². The van der Waals surface area contributed by atoms with Crippen LogP contribution in [0, 0.1) is 3.57 Å². The monoisotopic (exact) mass is 407 g/mol. The zero-order valence-corrected chi connectivity index (χ0v) is 14.0. The molecule has 2 N–H and O–H groups in total. The van der Waals surface area contributed by atoms with Gasteiger partial charge in [0.25, 0.3) is 5.91 Å². The SMILES string of the molecule is CC(=O)Nc1cccc(C(=O)N/N=C\c2cccc(I)c2)c1. The van der Waals surface area contributed by atoms with Gasteiger partial charge >= 0.3 is 0 Å². The van der Waals surface area contributed by atoms with E-state index in [1.54, 1.807) is 30.5 Å². The minimum absolute atomic E-state index is 0.186. The number of nitrogens with zero attached hydrogens (tertiary/aromatic N) is 1. The molecule has 0 saturated carbocycles. The molecular weight excluding hydrogens is 393 g/mol. The van der Waals surface area contributed by atoms with Gasteiger partial charge in [0.1, 0.15) is 0 Å². The first kappa shape index (κ1) is 16.2. The van der Waals surface area contributed by atoms with Crippen molar-refractivity contribution in [2.24, 2.45) is 5.10 Å². The third-order valence-corrected chi connectivity index (χ3v) is 3.34. The topological polar surface area (TPSA) is 70.6 Å². The number of hydrogen-bond donors (Lipinski definition) is 2. The Labute approximate surface area is 141 Å². The van der Waals surface area contributed by atoms with Crippen LogP contribution in [0.5, 0.6) is 0 Å². The Morgan fingerprint density at radius 3 is 2.64 bits per heavy atom. The Bertz CT molecular complexity index is 729. The predicted octanol–water partition coefficient (Wildman–Crippen LogP) is 3.01. The average Bonchev–Trinajstić information content (AvgIpc) is 2.47. The first-order chi connectivity index (χ1) is 10.5. The summed E-state index contributed by atoms with van der Waals surface area (Å²) in [5.74, 6) is -0.525. The van der Waals surface area contributed by atoms with E-state index in [9.17, 15) is 9.59 Å². The summed E-state index contributed by atoms with van der Waals surface area (Å²) in [5, 5.41) is 6.56. The molecule has 2 rings (SSSR count). The van der Waals surface area contributed by atoms with Crippen LogP contribution in [0.15, 0.2) is 53.6 Å². The highest BCUT2D eigenvalue weighted by Gasteiger charge is 2.05. The molecule has 0 fully saturated rings. The second-order valence-electron chi connectivity index (χ2n) is 4.52. The van der Waals surface area contributed by atoms with Crippen LogP contribution in [-0.4, -0.2) is 18.0 Å². The van der Waals surface area contributed by atoms with Gasteiger partial charge in [-0.1, -0.05) is 18.2 Å². The van der Waals surface area contributed by atoms with Crippen LogP contribution in [0.2, 0.25) is 0 Å². The van der Waals surface area contributed by atoms with Crippen molar-refractivity contribution in [1.82, 2.24) is 5.43 Å². The minimum atomic E-state index is -0.339. The summed E-state index contributed by atoms with van der Waals surface area (Å²) in [6.45, 7) is 1.41. The Kier molecular flexibility index (Phi) is 5.65. The van der Waals surface area contributed by atoms with Gasteiger partial charge in [0, 0.05) is 21.7 Å². The van der Waals surface area contributed by atoms with Crippen molar-refractivity contribution in [3.05, 3.63) is 63.2 Å². The lowest BCUT2D eigenvalue weighted by Gasteiger charge is -2.04. The molecule has 2 amide bonds. The third-order valence-electron chi connectivity index (χ3n) is 2.67. The van der Waals surface area contributed by atoms with Crippen LogP contribution < -0.4 is 10.7 Å². The van der Waals surface area contributed by atoms with Gasteiger partial charge in [-0.2, -0.15) is 5.10 Å². The number of hydrazone groups is 1. The molecule has 0 spiro atoms. The van der Waals surface area contributed by atoms with Gasteiger partial charge in [0.2, 0.25) is 5.91 Å². The number of halogens is 1. The first-order valence-corrected chi connectivity index (χ1v) is 7.59. The molecule has 0 saturated heterocycles. The Morgan fingerprint density at radius 2 is 1.91 bits per heavy atom. The van der Waals surface area contributed by atoms with Crippen molar-refractivity contribution in [3.8, 4) is 0 Å². The maximum atomic E-state index is 12.0. The smallest absolute Gasteiger partial charge is 0.271 e. The number of nitrogens with one attached hydrogen (secondary N) is 2. The van der Waals surface area contributed by atoms with E-state index >= 15 is 0 Å². The lowest BCUT2D eigenvalue weighted by Crippen LogP contribution is -2.18. The molecule has 0 atom stereocenters. The van der Waals surface area contributed by atoms with Gasteiger partial charge < -0.3 is 5.32 Å². The second-order valence-corrected chi connectivity index (χ2v) is 5.76. The number of anilines is 1. The van der Waals surface area contributed by atoms with Gasteiger partial charge in [-0.15, -0.1) is 0 Å². The van der Waals surface area contributed by atoms with Crippen molar-refractivity contribution >= 4 is 46.3 Å². The lowest BCUT2D eigenvalue weighted by atomic mass is 10.2. The molecule has 5 nitrogen and oxygen atoms in total. The molecule has 0 unspecified atom stereocenters. The summed E-state index contributed by atoms with van der Waals surface area (Å²) in [6, 6.07) is 14.4. The van der Waals surface area contributed by atoms with E-state index in [-0.39, 0.29) is 11.8 Å². The van der Waals surface area contributed by atoms with Crippen molar-refractivity contribution in [3.63, 3.8) is 0 Å². The quantitative estimate of drug-likeness (QED) is 0.465. The molecule has 0 aromatic heterocycles. The van der Waals surface area contributed by atoms with Gasteiger partial charge in [-0.3, -0.25) is 9.59 Å². The molecule has 6 heteroatoms. The molecule has 0 bridgehead atoms. The number of carbonyl (C=O) groups is 2. The summed E-state index contributed by atoms with van der Waals surface area (Å²) in [6.07, 6.45) is 1.58. The normalized spacial score (nSPS) is 10.5. The highest BCUT2D eigenvalue weighted by molar-refractivity contribution is 14.1. The molecule has 0 aliphatic rings. The van der Waals surface area contributed by atoms with Crippen LogP contribution >= 0.6 is 22.6 Å². The van der Waals surface area contributed by atoms with Crippen molar-refractivity contribution in [2.75, 3.05) is 5.32 Å². The van der Waals surface area contributed by atoms with E-state index in [4.69, 9.17) is 0 Å². The van der Waals surface area contributed by atoms with Crippen LogP contribution in [0.4, 0.5) is 5.69 Å². The Hall–Kier alpha value is -2.22. The number of rotatable bonds is 4.